The fraction of sp³-hybridized carbons (Fsp3) is 0.800. The molecule has 0 aromatic carbocycles. The smallest absolute Gasteiger partial charge is 0.326 e. The number of likely N-dealkylation sites (tertiary alicyclic amines) is 1. The predicted molar refractivity (Wildman–Crippen MR) is 58.6 cm³/mol. The Balaban J connectivity index is 2.55. The zero-order valence-electron chi connectivity index (χ0n) is 9.26. The van der Waals surface area contributed by atoms with E-state index in [0.29, 0.717) is 32.4 Å². The number of nitrogens with zero attached hydrogens (tertiary/aromatic N) is 1. The molecule has 1 amide bonds. The Hall–Kier alpha value is -1.14. The van der Waals surface area contributed by atoms with Gasteiger partial charge in [0.15, 0.2) is 0 Å². The molecule has 1 fully saturated rings. The Kier molecular flexibility index (Phi) is 4.70. The molecule has 1 saturated heterocycles. The normalized spacial score (nSPS) is 22.1. The van der Waals surface area contributed by atoms with Crippen molar-refractivity contribution in [2.75, 3.05) is 13.1 Å². The third kappa shape index (κ3) is 2.93. The highest BCUT2D eigenvalue weighted by Crippen LogP contribution is 2.18. The van der Waals surface area contributed by atoms with Gasteiger partial charge in [0, 0.05) is 6.54 Å². The molecule has 0 spiro atoms. The van der Waals surface area contributed by atoms with Crippen LogP contribution in [0.25, 0.3) is 0 Å². The van der Waals surface area contributed by atoms with Crippen molar-refractivity contribution >= 4 is 11.9 Å². The number of hydrogen-bond acceptors (Lipinski definition) is 4. The maximum Gasteiger partial charge on any atom is 0.326 e. The molecule has 0 radical (unpaired) electrons. The molecule has 2 atom stereocenters. The van der Waals surface area contributed by atoms with Gasteiger partial charge in [-0.15, -0.1) is 0 Å². The van der Waals surface area contributed by atoms with Gasteiger partial charge in [0.2, 0.25) is 5.91 Å². The molecule has 0 aliphatic carbocycles. The summed E-state index contributed by atoms with van der Waals surface area (Å²) in [6, 6.07) is -1.32. The van der Waals surface area contributed by atoms with Crippen molar-refractivity contribution < 1.29 is 14.7 Å². The minimum absolute atomic E-state index is 0.265. The Morgan fingerprint density at radius 1 is 1.50 bits per heavy atom. The number of rotatable bonds is 5. The molecule has 0 unspecified atom stereocenters. The van der Waals surface area contributed by atoms with E-state index >= 15 is 0 Å². The maximum atomic E-state index is 11.9. The van der Waals surface area contributed by atoms with Gasteiger partial charge in [-0.25, -0.2) is 4.79 Å². The van der Waals surface area contributed by atoms with Crippen molar-refractivity contribution in [2.24, 2.45) is 11.5 Å². The van der Waals surface area contributed by atoms with E-state index in [9.17, 15) is 9.59 Å². The first-order valence-electron chi connectivity index (χ1n) is 5.57. The fourth-order valence-corrected chi connectivity index (χ4v) is 1.96. The molecule has 0 bridgehead atoms. The highest BCUT2D eigenvalue weighted by atomic mass is 16.4. The van der Waals surface area contributed by atoms with Crippen LogP contribution in [0.1, 0.15) is 25.7 Å². The second-order valence-electron chi connectivity index (χ2n) is 4.07. The van der Waals surface area contributed by atoms with Crippen molar-refractivity contribution in [3.8, 4) is 0 Å². The Bertz CT molecular complexity index is 270. The molecule has 92 valence electrons. The molecule has 6 nitrogen and oxygen atoms in total. The average molecular weight is 229 g/mol. The first-order chi connectivity index (χ1) is 7.57. The number of hydrogen-bond donors (Lipinski definition) is 3. The van der Waals surface area contributed by atoms with Gasteiger partial charge in [0.1, 0.15) is 6.04 Å². The molecular weight excluding hydrogens is 210 g/mol. The van der Waals surface area contributed by atoms with Crippen molar-refractivity contribution in [2.45, 2.75) is 37.8 Å². The van der Waals surface area contributed by atoms with E-state index in [1.54, 1.807) is 0 Å². The van der Waals surface area contributed by atoms with Crippen LogP contribution in [0.2, 0.25) is 0 Å². The van der Waals surface area contributed by atoms with Crippen molar-refractivity contribution in [1.29, 1.82) is 0 Å². The number of carbonyl (C=O) groups is 2. The highest BCUT2D eigenvalue weighted by Gasteiger charge is 2.35. The Morgan fingerprint density at radius 2 is 2.19 bits per heavy atom. The lowest BCUT2D eigenvalue weighted by Crippen LogP contribution is -2.48. The first-order valence-corrected chi connectivity index (χ1v) is 5.57. The fourth-order valence-electron chi connectivity index (χ4n) is 1.96. The molecule has 1 aliphatic heterocycles. The summed E-state index contributed by atoms with van der Waals surface area (Å²) in [6.07, 6.45) is 2.44. The SMILES string of the molecule is NCCC[C@@H](N)C(=O)N1CCC[C@H]1C(=O)O. The number of carboxylic acids is 1. The van der Waals surface area contributed by atoms with Gasteiger partial charge in [0.25, 0.3) is 0 Å². The number of aliphatic carboxylic acids is 1. The summed E-state index contributed by atoms with van der Waals surface area (Å²) in [7, 11) is 0. The van der Waals surface area contributed by atoms with E-state index < -0.39 is 18.1 Å². The van der Waals surface area contributed by atoms with Crippen LogP contribution in [0.3, 0.4) is 0 Å². The van der Waals surface area contributed by atoms with Gasteiger partial charge in [-0.3, -0.25) is 4.79 Å². The molecule has 0 aromatic heterocycles. The zero-order valence-corrected chi connectivity index (χ0v) is 9.26. The topological polar surface area (TPSA) is 110 Å². The Labute approximate surface area is 94.6 Å². The number of carboxylic acid groups (broad SMARTS) is 1. The predicted octanol–water partition coefficient (Wildman–Crippen LogP) is -0.872. The van der Waals surface area contributed by atoms with Crippen molar-refractivity contribution in [1.82, 2.24) is 4.90 Å². The van der Waals surface area contributed by atoms with E-state index in [4.69, 9.17) is 16.6 Å². The van der Waals surface area contributed by atoms with Crippen LogP contribution < -0.4 is 11.5 Å². The molecule has 0 aromatic rings. The maximum absolute atomic E-state index is 11.9. The van der Waals surface area contributed by atoms with Crippen LogP contribution in [0.15, 0.2) is 0 Å². The summed E-state index contributed by atoms with van der Waals surface area (Å²) in [5.41, 5.74) is 11.0. The minimum Gasteiger partial charge on any atom is -0.480 e. The van der Waals surface area contributed by atoms with Crippen LogP contribution in [-0.4, -0.2) is 47.1 Å². The largest absolute Gasteiger partial charge is 0.480 e. The van der Waals surface area contributed by atoms with E-state index in [1.165, 1.54) is 4.90 Å². The van der Waals surface area contributed by atoms with Gasteiger partial charge < -0.3 is 21.5 Å². The first kappa shape index (κ1) is 12.9. The molecule has 0 saturated carbocycles. The molecule has 5 N–H and O–H groups in total. The summed E-state index contributed by atoms with van der Waals surface area (Å²) < 4.78 is 0. The zero-order chi connectivity index (χ0) is 12.1. The van der Waals surface area contributed by atoms with Gasteiger partial charge in [-0.2, -0.15) is 0 Å². The summed E-state index contributed by atoms with van der Waals surface area (Å²) in [4.78, 5) is 24.1. The van der Waals surface area contributed by atoms with Crippen LogP contribution in [0.5, 0.6) is 0 Å². The van der Waals surface area contributed by atoms with E-state index in [0.717, 1.165) is 6.42 Å². The second-order valence-corrected chi connectivity index (χ2v) is 4.07. The lowest BCUT2D eigenvalue weighted by atomic mass is 10.1. The van der Waals surface area contributed by atoms with Gasteiger partial charge >= 0.3 is 5.97 Å². The molecule has 6 heteroatoms. The molecule has 1 aliphatic rings. The second kappa shape index (κ2) is 5.81. The third-order valence-electron chi connectivity index (χ3n) is 2.86. The van der Waals surface area contributed by atoms with E-state index in [-0.39, 0.29) is 5.91 Å². The minimum atomic E-state index is -0.947. The summed E-state index contributed by atoms with van der Waals surface area (Å²) in [6.45, 7) is 0.982. The quantitative estimate of drug-likeness (QED) is 0.567. The molecule has 1 rings (SSSR count). The highest BCUT2D eigenvalue weighted by molar-refractivity contribution is 5.87. The monoisotopic (exact) mass is 229 g/mol. The van der Waals surface area contributed by atoms with Crippen molar-refractivity contribution in [3.05, 3.63) is 0 Å². The van der Waals surface area contributed by atoms with Crippen molar-refractivity contribution in [3.63, 3.8) is 0 Å². The molecular formula is C10H19N3O3. The number of carbonyl (C=O) groups excluding carboxylic acids is 1. The Morgan fingerprint density at radius 3 is 2.75 bits per heavy atom. The molecule has 1 heterocycles. The van der Waals surface area contributed by atoms with Crippen LogP contribution in [0, 0.1) is 0 Å². The summed E-state index contributed by atoms with van der Waals surface area (Å²) in [5, 5.41) is 8.94. The lowest BCUT2D eigenvalue weighted by Gasteiger charge is -2.24. The number of amides is 1. The number of nitrogens with two attached hydrogens (primary N) is 2. The summed E-state index contributed by atoms with van der Waals surface area (Å²) in [5.74, 6) is -1.21. The van der Waals surface area contributed by atoms with Gasteiger partial charge in [-0.1, -0.05) is 0 Å². The van der Waals surface area contributed by atoms with Crippen LogP contribution in [-0.2, 0) is 9.59 Å². The standard InChI is InChI=1S/C10H19N3O3/c11-5-1-3-7(12)9(14)13-6-2-4-8(13)10(15)16/h7-8H,1-6,11-12H2,(H,15,16)/t7-,8+/m1/s1. The molecule has 16 heavy (non-hydrogen) atoms. The van der Waals surface area contributed by atoms with Gasteiger partial charge in [0.05, 0.1) is 6.04 Å². The van der Waals surface area contributed by atoms with E-state index in [2.05, 4.69) is 0 Å². The lowest BCUT2D eigenvalue weighted by molar-refractivity contribution is -0.148. The third-order valence-corrected chi connectivity index (χ3v) is 2.86. The van der Waals surface area contributed by atoms with Crippen LogP contribution >= 0.6 is 0 Å². The van der Waals surface area contributed by atoms with Gasteiger partial charge in [-0.05, 0) is 32.2 Å². The summed E-state index contributed by atoms with van der Waals surface area (Å²) >= 11 is 0. The van der Waals surface area contributed by atoms with Crippen LogP contribution in [0.4, 0.5) is 0 Å². The van der Waals surface area contributed by atoms with E-state index in [1.807, 2.05) is 0 Å². The average Bonchev–Trinajstić information content (AvgIpc) is 2.73.